The molecule has 2 fully saturated rings. The number of aliphatic imine (C=N–C) groups is 1. The number of nitrogens with zero attached hydrogens (tertiary/aromatic N) is 2. The fraction of sp³-hybridized carbons (Fsp3) is 0.619. The molecule has 2 aliphatic rings. The number of hydrogen-bond acceptors (Lipinski definition) is 4. The van der Waals surface area contributed by atoms with Crippen molar-refractivity contribution in [1.29, 1.82) is 0 Å². The number of carbonyl (C=O) groups is 1. The summed E-state index contributed by atoms with van der Waals surface area (Å²) in [6.45, 7) is 5.33. The zero-order valence-corrected chi connectivity index (χ0v) is 16.7. The predicted molar refractivity (Wildman–Crippen MR) is 106 cm³/mol. The Kier molecular flexibility index (Phi) is 6.24. The summed E-state index contributed by atoms with van der Waals surface area (Å²) in [4.78, 5) is 19.0. The number of likely N-dealkylation sites (tertiary alicyclic amines) is 1. The Balaban J connectivity index is 1.69. The third kappa shape index (κ3) is 4.37. The van der Waals surface area contributed by atoms with E-state index in [1.54, 1.807) is 7.11 Å². The highest BCUT2D eigenvalue weighted by atomic mass is 16.5. The lowest BCUT2D eigenvalue weighted by atomic mass is 9.95. The molecule has 6 heteroatoms. The van der Waals surface area contributed by atoms with E-state index >= 15 is 0 Å². The molecule has 1 heterocycles. The number of methoxy groups -OCH3 is 2. The van der Waals surface area contributed by atoms with Crippen LogP contribution in [0, 0.1) is 5.92 Å². The maximum atomic E-state index is 11.8. The number of esters is 1. The van der Waals surface area contributed by atoms with Crippen LogP contribution in [0.1, 0.15) is 38.2 Å². The Morgan fingerprint density at radius 1 is 1.26 bits per heavy atom. The van der Waals surface area contributed by atoms with E-state index in [0.717, 1.165) is 63.6 Å². The highest BCUT2D eigenvalue weighted by Gasteiger charge is 2.46. The van der Waals surface area contributed by atoms with Gasteiger partial charge in [0.2, 0.25) is 0 Å². The van der Waals surface area contributed by atoms with E-state index in [2.05, 4.69) is 29.3 Å². The molecule has 0 bridgehead atoms. The lowest BCUT2D eigenvalue weighted by Crippen LogP contribution is -2.47. The first-order valence-electron chi connectivity index (χ1n) is 9.88. The number of carbonyl (C=O) groups excluding carboxylic acids is 1. The molecule has 6 nitrogen and oxygen atoms in total. The predicted octanol–water partition coefficient (Wildman–Crippen LogP) is 2.58. The van der Waals surface area contributed by atoms with Crippen LogP contribution in [0.15, 0.2) is 29.3 Å². The lowest BCUT2D eigenvalue weighted by Gasteiger charge is -2.33. The molecule has 1 aromatic carbocycles. The molecule has 1 N–H and O–H groups in total. The van der Waals surface area contributed by atoms with E-state index < -0.39 is 0 Å². The summed E-state index contributed by atoms with van der Waals surface area (Å²) in [5.41, 5.74) is 1.36. The highest BCUT2D eigenvalue weighted by Crippen LogP contribution is 2.51. The fourth-order valence-corrected chi connectivity index (χ4v) is 3.89. The van der Waals surface area contributed by atoms with Crippen LogP contribution in [0.5, 0.6) is 5.75 Å². The van der Waals surface area contributed by atoms with Gasteiger partial charge < -0.3 is 19.7 Å². The molecule has 0 atom stereocenters. The van der Waals surface area contributed by atoms with Crippen molar-refractivity contribution in [2.45, 2.75) is 38.0 Å². The molecule has 0 amide bonds. The van der Waals surface area contributed by atoms with Gasteiger partial charge in [0.05, 0.1) is 26.7 Å². The first-order valence-corrected chi connectivity index (χ1v) is 9.88. The summed E-state index contributed by atoms with van der Waals surface area (Å²) >= 11 is 0. The van der Waals surface area contributed by atoms with E-state index in [1.165, 1.54) is 12.7 Å². The third-order valence-electron chi connectivity index (χ3n) is 5.73. The van der Waals surface area contributed by atoms with Crippen LogP contribution in [-0.2, 0) is 14.9 Å². The van der Waals surface area contributed by atoms with E-state index in [1.807, 2.05) is 12.1 Å². The minimum Gasteiger partial charge on any atom is -0.496 e. The van der Waals surface area contributed by atoms with Crippen LogP contribution in [0.3, 0.4) is 0 Å². The van der Waals surface area contributed by atoms with Crippen molar-refractivity contribution in [3.8, 4) is 5.75 Å². The van der Waals surface area contributed by atoms with Gasteiger partial charge in [-0.25, -0.2) is 0 Å². The van der Waals surface area contributed by atoms with Crippen LogP contribution >= 0.6 is 0 Å². The average Bonchev–Trinajstić information content (AvgIpc) is 3.51. The number of guanidine groups is 1. The summed E-state index contributed by atoms with van der Waals surface area (Å²) in [6.07, 6.45) is 3.91. The van der Waals surface area contributed by atoms with E-state index in [0.29, 0.717) is 0 Å². The van der Waals surface area contributed by atoms with Crippen molar-refractivity contribution >= 4 is 11.9 Å². The normalized spacial score (nSPS) is 19.5. The van der Waals surface area contributed by atoms with E-state index in [4.69, 9.17) is 14.5 Å². The molecule has 3 rings (SSSR count). The van der Waals surface area contributed by atoms with Crippen LogP contribution in [0.4, 0.5) is 0 Å². The van der Waals surface area contributed by atoms with Crippen molar-refractivity contribution in [3.63, 3.8) is 0 Å². The lowest BCUT2D eigenvalue weighted by molar-refractivity contribution is -0.146. The highest BCUT2D eigenvalue weighted by molar-refractivity contribution is 5.80. The smallest absolute Gasteiger partial charge is 0.308 e. The van der Waals surface area contributed by atoms with Gasteiger partial charge in [-0.2, -0.15) is 0 Å². The molecule has 0 unspecified atom stereocenters. The van der Waals surface area contributed by atoms with Crippen LogP contribution in [0.2, 0.25) is 0 Å². The maximum absolute atomic E-state index is 11.8. The zero-order valence-electron chi connectivity index (χ0n) is 16.7. The molecular weight excluding hydrogens is 342 g/mol. The zero-order chi connectivity index (χ0) is 19.3. The van der Waals surface area contributed by atoms with Crippen LogP contribution in [-0.4, -0.2) is 57.2 Å². The number of para-hydroxylation sites is 1. The Bertz CT molecular complexity index is 677. The average molecular weight is 373 g/mol. The number of hydrogen-bond donors (Lipinski definition) is 1. The van der Waals surface area contributed by atoms with Crippen molar-refractivity contribution < 1.29 is 14.3 Å². The van der Waals surface area contributed by atoms with Gasteiger partial charge in [-0.1, -0.05) is 18.2 Å². The first-order chi connectivity index (χ1) is 13.1. The molecule has 1 saturated carbocycles. The Hall–Kier alpha value is -2.24. The molecular formula is C21H31N3O3. The van der Waals surface area contributed by atoms with Crippen molar-refractivity contribution in [1.82, 2.24) is 10.2 Å². The van der Waals surface area contributed by atoms with Gasteiger partial charge in [-0.15, -0.1) is 0 Å². The van der Waals surface area contributed by atoms with Crippen molar-refractivity contribution in [2.24, 2.45) is 10.9 Å². The van der Waals surface area contributed by atoms with E-state index in [9.17, 15) is 4.79 Å². The van der Waals surface area contributed by atoms with Crippen LogP contribution < -0.4 is 10.1 Å². The maximum Gasteiger partial charge on any atom is 0.308 e. The standard InChI is InChI=1S/C21H31N3O3/c1-4-22-20(24-13-9-16(10-14-24)19(25)27-3)23-15-21(11-12-21)17-7-5-6-8-18(17)26-2/h5-8,16H,4,9-15H2,1-3H3,(H,22,23). The van der Waals surface area contributed by atoms with Crippen LogP contribution in [0.25, 0.3) is 0 Å². The van der Waals surface area contributed by atoms with Gasteiger partial charge in [-0.05, 0) is 38.7 Å². The second-order valence-corrected chi connectivity index (χ2v) is 7.44. The number of rotatable bonds is 6. The number of nitrogens with one attached hydrogen (secondary N) is 1. The first kappa shape index (κ1) is 19.5. The third-order valence-corrected chi connectivity index (χ3v) is 5.73. The van der Waals surface area contributed by atoms with Gasteiger partial charge in [-0.3, -0.25) is 9.79 Å². The second kappa shape index (κ2) is 8.63. The summed E-state index contributed by atoms with van der Waals surface area (Å²) < 4.78 is 10.5. The fourth-order valence-electron chi connectivity index (χ4n) is 3.89. The Morgan fingerprint density at radius 2 is 1.96 bits per heavy atom. The minimum absolute atomic E-state index is 0.0116. The van der Waals surface area contributed by atoms with Gasteiger partial charge in [0, 0.05) is 30.6 Å². The molecule has 1 saturated heterocycles. The topological polar surface area (TPSA) is 63.2 Å². The molecule has 0 aromatic heterocycles. The van der Waals surface area contributed by atoms with Gasteiger partial charge in [0.15, 0.2) is 5.96 Å². The van der Waals surface area contributed by atoms with Gasteiger partial charge in [0.25, 0.3) is 0 Å². The van der Waals surface area contributed by atoms with Crippen molar-refractivity contribution in [3.05, 3.63) is 29.8 Å². The largest absolute Gasteiger partial charge is 0.496 e. The van der Waals surface area contributed by atoms with Gasteiger partial charge >= 0.3 is 5.97 Å². The number of piperidine rings is 1. The van der Waals surface area contributed by atoms with Crippen molar-refractivity contribution in [2.75, 3.05) is 40.4 Å². The second-order valence-electron chi connectivity index (χ2n) is 7.44. The SMILES string of the molecule is CCNC(=NCC1(c2ccccc2OC)CC1)N1CCC(C(=O)OC)CC1. The van der Waals surface area contributed by atoms with Gasteiger partial charge in [0.1, 0.15) is 5.75 Å². The summed E-state index contributed by atoms with van der Waals surface area (Å²) in [5.74, 6) is 1.82. The monoisotopic (exact) mass is 373 g/mol. The quantitative estimate of drug-likeness (QED) is 0.472. The molecule has 1 aliphatic heterocycles. The van der Waals surface area contributed by atoms with E-state index in [-0.39, 0.29) is 17.3 Å². The number of benzene rings is 1. The molecule has 0 spiro atoms. The minimum atomic E-state index is -0.0929. The summed E-state index contributed by atoms with van der Waals surface area (Å²) in [5, 5.41) is 3.42. The number of ether oxygens (including phenoxy) is 2. The Labute approximate surface area is 161 Å². The Morgan fingerprint density at radius 3 is 2.56 bits per heavy atom. The summed E-state index contributed by atoms with van der Waals surface area (Å²) in [6, 6.07) is 8.28. The molecule has 0 radical (unpaired) electrons. The molecule has 148 valence electrons. The molecule has 1 aliphatic carbocycles. The summed E-state index contributed by atoms with van der Waals surface area (Å²) in [7, 11) is 3.20. The molecule has 27 heavy (non-hydrogen) atoms. The molecule has 1 aromatic rings.